The number of nitrogens with one attached hydrogen (secondary N) is 1. The SMILES string of the molecule is O=C(OCC1CCC(n2ccc(=O)[nH]c2=O)O1)C1(OC2CC2)CC1. The number of H-pyrrole nitrogens is 1. The van der Waals surface area contributed by atoms with Gasteiger partial charge in [-0.25, -0.2) is 9.59 Å². The van der Waals surface area contributed by atoms with Crippen molar-refractivity contribution in [1.82, 2.24) is 9.55 Å². The Hall–Kier alpha value is -1.93. The average Bonchev–Trinajstić information content (AvgIpc) is 3.47. The topological polar surface area (TPSA) is 99.6 Å². The van der Waals surface area contributed by atoms with Crippen LogP contribution in [0.15, 0.2) is 21.9 Å². The standard InChI is InChI=1S/C16H20N2O6/c19-12-5-8-18(15(21)17-12)13-4-3-11(23-13)9-22-14(20)16(6-7-16)24-10-1-2-10/h5,8,10-11,13H,1-4,6-7,9H2,(H,17,19,21). The van der Waals surface area contributed by atoms with Crippen molar-refractivity contribution in [2.75, 3.05) is 6.61 Å². The maximum Gasteiger partial charge on any atom is 0.338 e. The summed E-state index contributed by atoms with van der Waals surface area (Å²) in [6, 6.07) is 1.28. The Labute approximate surface area is 137 Å². The first-order valence-corrected chi connectivity index (χ1v) is 8.38. The number of nitrogens with zero attached hydrogens (tertiary/aromatic N) is 1. The summed E-state index contributed by atoms with van der Waals surface area (Å²) in [6.07, 6.45) is 5.74. The number of esters is 1. The predicted molar refractivity (Wildman–Crippen MR) is 81.5 cm³/mol. The van der Waals surface area contributed by atoms with Gasteiger partial charge < -0.3 is 14.2 Å². The van der Waals surface area contributed by atoms with Gasteiger partial charge in [-0.3, -0.25) is 14.3 Å². The van der Waals surface area contributed by atoms with Crippen molar-refractivity contribution in [2.24, 2.45) is 0 Å². The van der Waals surface area contributed by atoms with Crippen LogP contribution < -0.4 is 11.2 Å². The molecular formula is C16H20N2O6. The first-order valence-electron chi connectivity index (χ1n) is 8.38. The molecule has 2 unspecified atom stereocenters. The average molecular weight is 336 g/mol. The summed E-state index contributed by atoms with van der Waals surface area (Å²) in [4.78, 5) is 37.3. The molecule has 3 fully saturated rings. The lowest BCUT2D eigenvalue weighted by Crippen LogP contribution is -2.33. The summed E-state index contributed by atoms with van der Waals surface area (Å²) in [5.41, 5.74) is -1.65. The number of carbonyl (C=O) groups excluding carboxylic acids is 1. The quantitative estimate of drug-likeness (QED) is 0.758. The molecule has 0 bridgehead atoms. The largest absolute Gasteiger partial charge is 0.461 e. The Morgan fingerprint density at radius 2 is 2.08 bits per heavy atom. The van der Waals surface area contributed by atoms with Crippen LogP contribution in [-0.2, 0) is 19.0 Å². The minimum atomic E-state index is -0.713. The third-order valence-electron chi connectivity index (χ3n) is 4.64. The van der Waals surface area contributed by atoms with Crippen LogP contribution in [0.25, 0.3) is 0 Å². The van der Waals surface area contributed by atoms with E-state index in [0.717, 1.165) is 25.7 Å². The summed E-state index contributed by atoms with van der Waals surface area (Å²) in [5.74, 6) is -0.303. The molecule has 2 aliphatic carbocycles. The zero-order valence-corrected chi connectivity index (χ0v) is 13.2. The van der Waals surface area contributed by atoms with Gasteiger partial charge in [-0.15, -0.1) is 0 Å². The molecule has 8 heteroatoms. The minimum Gasteiger partial charge on any atom is -0.461 e. The molecule has 2 heterocycles. The molecule has 24 heavy (non-hydrogen) atoms. The molecule has 1 saturated heterocycles. The molecule has 1 aliphatic heterocycles. The van der Waals surface area contributed by atoms with Crippen LogP contribution in [0.3, 0.4) is 0 Å². The number of hydrogen-bond acceptors (Lipinski definition) is 6. The molecule has 0 spiro atoms. The van der Waals surface area contributed by atoms with Crippen molar-refractivity contribution in [2.45, 2.75) is 62.6 Å². The normalized spacial score (nSPS) is 27.8. The van der Waals surface area contributed by atoms with E-state index in [1.165, 1.54) is 16.8 Å². The number of rotatable bonds is 6. The van der Waals surface area contributed by atoms with Gasteiger partial charge in [0.05, 0.1) is 12.2 Å². The first kappa shape index (κ1) is 15.6. The fraction of sp³-hybridized carbons (Fsp3) is 0.688. The molecule has 8 nitrogen and oxygen atoms in total. The van der Waals surface area contributed by atoms with Gasteiger partial charge in [0.1, 0.15) is 12.8 Å². The Morgan fingerprint density at radius 1 is 1.29 bits per heavy atom. The minimum absolute atomic E-state index is 0.156. The van der Waals surface area contributed by atoms with E-state index >= 15 is 0 Å². The third-order valence-corrected chi connectivity index (χ3v) is 4.64. The highest BCUT2D eigenvalue weighted by Crippen LogP contribution is 2.45. The number of ether oxygens (including phenoxy) is 3. The van der Waals surface area contributed by atoms with Gasteiger partial charge in [-0.1, -0.05) is 0 Å². The van der Waals surface area contributed by atoms with Crippen molar-refractivity contribution in [3.63, 3.8) is 0 Å². The van der Waals surface area contributed by atoms with Crippen molar-refractivity contribution in [3.8, 4) is 0 Å². The second-order valence-electron chi connectivity index (χ2n) is 6.72. The molecule has 0 radical (unpaired) electrons. The van der Waals surface area contributed by atoms with Crippen LogP contribution in [0.1, 0.15) is 44.8 Å². The van der Waals surface area contributed by atoms with E-state index in [1.807, 2.05) is 0 Å². The molecule has 0 amide bonds. The van der Waals surface area contributed by atoms with Crippen LogP contribution in [0.2, 0.25) is 0 Å². The highest BCUT2D eigenvalue weighted by molar-refractivity contribution is 5.83. The van der Waals surface area contributed by atoms with E-state index in [4.69, 9.17) is 14.2 Å². The third kappa shape index (κ3) is 3.16. The summed E-state index contributed by atoms with van der Waals surface area (Å²) in [7, 11) is 0. The van der Waals surface area contributed by atoms with Gasteiger partial charge >= 0.3 is 11.7 Å². The van der Waals surface area contributed by atoms with E-state index in [1.54, 1.807) is 0 Å². The molecule has 0 aromatic carbocycles. The Morgan fingerprint density at radius 3 is 2.75 bits per heavy atom. The van der Waals surface area contributed by atoms with E-state index in [0.29, 0.717) is 12.8 Å². The van der Waals surface area contributed by atoms with Crippen LogP contribution in [-0.4, -0.2) is 39.9 Å². The highest BCUT2D eigenvalue weighted by atomic mass is 16.6. The van der Waals surface area contributed by atoms with Gasteiger partial charge in [0.25, 0.3) is 5.56 Å². The molecule has 1 N–H and O–H groups in total. The van der Waals surface area contributed by atoms with Crippen molar-refractivity contribution < 1.29 is 19.0 Å². The van der Waals surface area contributed by atoms with Gasteiger partial charge in [-0.05, 0) is 38.5 Å². The van der Waals surface area contributed by atoms with Crippen LogP contribution in [0.4, 0.5) is 0 Å². The Balaban J connectivity index is 1.30. The molecule has 130 valence electrons. The zero-order chi connectivity index (χ0) is 16.7. The molecule has 2 saturated carbocycles. The molecule has 4 rings (SSSR count). The summed E-state index contributed by atoms with van der Waals surface area (Å²) in [6.45, 7) is 0.156. The summed E-state index contributed by atoms with van der Waals surface area (Å²) in [5, 5.41) is 0. The second-order valence-corrected chi connectivity index (χ2v) is 6.72. The van der Waals surface area contributed by atoms with Crippen molar-refractivity contribution in [1.29, 1.82) is 0 Å². The van der Waals surface area contributed by atoms with Gasteiger partial charge in [0.2, 0.25) is 0 Å². The van der Waals surface area contributed by atoms with E-state index in [9.17, 15) is 14.4 Å². The fourth-order valence-electron chi connectivity index (χ4n) is 2.96. The monoisotopic (exact) mass is 336 g/mol. The summed E-state index contributed by atoms with van der Waals surface area (Å²) >= 11 is 0. The lowest BCUT2D eigenvalue weighted by molar-refractivity contribution is -0.166. The Bertz CT molecular complexity index is 745. The van der Waals surface area contributed by atoms with Crippen LogP contribution in [0.5, 0.6) is 0 Å². The van der Waals surface area contributed by atoms with Crippen LogP contribution >= 0.6 is 0 Å². The van der Waals surface area contributed by atoms with Gasteiger partial charge in [-0.2, -0.15) is 0 Å². The van der Waals surface area contributed by atoms with Crippen molar-refractivity contribution >= 4 is 5.97 Å². The maximum atomic E-state index is 12.2. The number of hydrogen-bond donors (Lipinski definition) is 1. The molecule has 2 atom stereocenters. The van der Waals surface area contributed by atoms with E-state index in [2.05, 4.69) is 4.98 Å². The van der Waals surface area contributed by atoms with E-state index in [-0.39, 0.29) is 24.8 Å². The fourth-order valence-corrected chi connectivity index (χ4v) is 2.96. The predicted octanol–water partition coefficient (Wildman–Crippen LogP) is 0.469. The lowest BCUT2D eigenvalue weighted by atomic mass is 10.2. The first-order chi connectivity index (χ1) is 11.6. The van der Waals surface area contributed by atoms with E-state index < -0.39 is 23.1 Å². The Kier molecular flexibility index (Phi) is 3.80. The summed E-state index contributed by atoms with van der Waals surface area (Å²) < 4.78 is 18.3. The molecule has 1 aromatic rings. The smallest absolute Gasteiger partial charge is 0.338 e. The second kappa shape index (κ2) is 5.86. The highest BCUT2D eigenvalue weighted by Gasteiger charge is 2.55. The number of aromatic nitrogens is 2. The molecule has 3 aliphatic rings. The molecular weight excluding hydrogens is 316 g/mol. The number of carbonyl (C=O) groups is 1. The number of aromatic amines is 1. The van der Waals surface area contributed by atoms with Gasteiger partial charge in [0.15, 0.2) is 5.60 Å². The van der Waals surface area contributed by atoms with Crippen molar-refractivity contribution in [3.05, 3.63) is 33.1 Å². The maximum absolute atomic E-state index is 12.2. The lowest BCUT2D eigenvalue weighted by Gasteiger charge is -2.18. The van der Waals surface area contributed by atoms with Gasteiger partial charge in [0, 0.05) is 12.3 Å². The zero-order valence-electron chi connectivity index (χ0n) is 13.2. The van der Waals surface area contributed by atoms with Crippen LogP contribution in [0, 0.1) is 0 Å². The molecule has 1 aromatic heterocycles.